The highest BCUT2D eigenvalue weighted by Crippen LogP contribution is 2.36. The number of carbonyl (C=O) groups excluding carboxylic acids is 1. The standard InChI is InChI=1S/C28H26Cl2IN3O3/c1-4-34(5-2)21-11-9-20(10-12-21)33-28(35)19(16-32)13-18-14-25(31)27(26(15-18)36-3)37-17-22-23(29)7-6-8-24(22)30/h6-15H,4-5,17H2,1-3H3,(H,33,35)/b19-13-. The van der Waals surface area contributed by atoms with Crippen LogP contribution in [-0.4, -0.2) is 26.1 Å². The minimum absolute atomic E-state index is 0.0396. The van der Waals surface area contributed by atoms with E-state index in [1.165, 1.54) is 13.2 Å². The lowest BCUT2D eigenvalue weighted by Crippen LogP contribution is -2.21. The van der Waals surface area contributed by atoms with Gasteiger partial charge in [-0.05, 0) is 96.6 Å². The molecule has 0 spiro atoms. The van der Waals surface area contributed by atoms with E-state index >= 15 is 0 Å². The van der Waals surface area contributed by atoms with Crippen molar-refractivity contribution in [3.8, 4) is 17.6 Å². The van der Waals surface area contributed by atoms with Crippen LogP contribution in [0.2, 0.25) is 10.0 Å². The van der Waals surface area contributed by atoms with Crippen molar-refractivity contribution in [1.29, 1.82) is 5.26 Å². The number of amides is 1. The Morgan fingerprint density at radius 2 is 1.76 bits per heavy atom. The van der Waals surface area contributed by atoms with Crippen molar-refractivity contribution in [2.75, 3.05) is 30.4 Å². The summed E-state index contributed by atoms with van der Waals surface area (Å²) < 4.78 is 12.2. The zero-order valence-electron chi connectivity index (χ0n) is 20.6. The third-order valence-electron chi connectivity index (χ3n) is 5.60. The first kappa shape index (κ1) is 28.6. The summed E-state index contributed by atoms with van der Waals surface area (Å²) >= 11 is 14.6. The molecule has 0 fully saturated rings. The van der Waals surface area contributed by atoms with Gasteiger partial charge in [-0.2, -0.15) is 5.26 Å². The Morgan fingerprint density at radius 3 is 2.32 bits per heavy atom. The van der Waals surface area contributed by atoms with Crippen molar-refractivity contribution in [3.05, 3.63) is 84.9 Å². The van der Waals surface area contributed by atoms with Gasteiger partial charge < -0.3 is 19.7 Å². The minimum Gasteiger partial charge on any atom is -0.493 e. The second kappa shape index (κ2) is 13.6. The quantitative estimate of drug-likeness (QED) is 0.139. The van der Waals surface area contributed by atoms with Crippen LogP contribution in [0.3, 0.4) is 0 Å². The van der Waals surface area contributed by atoms with E-state index in [1.54, 1.807) is 30.3 Å². The molecule has 0 saturated carbocycles. The van der Waals surface area contributed by atoms with Gasteiger partial charge in [0.15, 0.2) is 11.5 Å². The van der Waals surface area contributed by atoms with E-state index in [4.69, 9.17) is 32.7 Å². The van der Waals surface area contributed by atoms with E-state index in [0.29, 0.717) is 38.4 Å². The molecule has 3 rings (SSSR count). The highest BCUT2D eigenvalue weighted by atomic mass is 127. The summed E-state index contributed by atoms with van der Waals surface area (Å²) in [5.74, 6) is 0.458. The predicted molar refractivity (Wildman–Crippen MR) is 159 cm³/mol. The summed E-state index contributed by atoms with van der Waals surface area (Å²) in [5.41, 5.74) is 2.92. The summed E-state index contributed by atoms with van der Waals surface area (Å²) in [6, 6.07) is 18.3. The average Bonchev–Trinajstić information content (AvgIpc) is 2.89. The van der Waals surface area contributed by atoms with Crippen LogP contribution in [0, 0.1) is 14.9 Å². The van der Waals surface area contributed by atoms with E-state index in [0.717, 1.165) is 22.3 Å². The van der Waals surface area contributed by atoms with Crippen LogP contribution in [0.15, 0.2) is 60.2 Å². The van der Waals surface area contributed by atoms with Crippen molar-refractivity contribution in [2.45, 2.75) is 20.5 Å². The summed E-state index contributed by atoms with van der Waals surface area (Å²) in [6.45, 7) is 6.12. The Bertz CT molecular complexity index is 1310. The predicted octanol–water partition coefficient (Wildman–Crippen LogP) is 7.58. The third kappa shape index (κ3) is 7.31. The van der Waals surface area contributed by atoms with Gasteiger partial charge in [0.1, 0.15) is 18.2 Å². The van der Waals surface area contributed by atoms with Gasteiger partial charge in [0.2, 0.25) is 0 Å². The minimum atomic E-state index is -0.499. The number of carbonyl (C=O) groups is 1. The molecule has 3 aromatic carbocycles. The molecule has 0 aromatic heterocycles. The molecule has 1 amide bonds. The first-order chi connectivity index (χ1) is 17.8. The molecule has 0 radical (unpaired) electrons. The first-order valence-electron chi connectivity index (χ1n) is 11.5. The number of hydrogen-bond acceptors (Lipinski definition) is 5. The number of nitriles is 1. The number of nitrogens with zero attached hydrogens (tertiary/aromatic N) is 2. The molecule has 0 unspecified atom stereocenters. The topological polar surface area (TPSA) is 74.6 Å². The summed E-state index contributed by atoms with van der Waals surface area (Å²) in [4.78, 5) is 15.0. The monoisotopic (exact) mass is 649 g/mol. The normalized spacial score (nSPS) is 11.0. The van der Waals surface area contributed by atoms with Crippen LogP contribution in [0.4, 0.5) is 11.4 Å². The number of nitrogens with one attached hydrogen (secondary N) is 1. The van der Waals surface area contributed by atoms with Crippen molar-refractivity contribution in [2.24, 2.45) is 0 Å². The molecule has 6 nitrogen and oxygen atoms in total. The van der Waals surface area contributed by atoms with Crippen LogP contribution in [-0.2, 0) is 11.4 Å². The number of hydrogen-bond donors (Lipinski definition) is 1. The van der Waals surface area contributed by atoms with E-state index in [1.807, 2.05) is 30.3 Å². The van der Waals surface area contributed by atoms with Crippen molar-refractivity contribution >= 4 is 69.2 Å². The molecule has 0 aliphatic heterocycles. The molecule has 1 N–H and O–H groups in total. The molecule has 0 aliphatic carbocycles. The van der Waals surface area contributed by atoms with Gasteiger partial charge in [0, 0.05) is 40.1 Å². The van der Waals surface area contributed by atoms with Crippen molar-refractivity contribution in [1.82, 2.24) is 0 Å². The smallest absolute Gasteiger partial charge is 0.266 e. The second-order valence-electron chi connectivity index (χ2n) is 7.87. The number of benzene rings is 3. The van der Waals surface area contributed by atoms with Gasteiger partial charge in [-0.1, -0.05) is 29.3 Å². The summed E-state index contributed by atoms with van der Waals surface area (Å²) in [5, 5.41) is 13.5. The highest BCUT2D eigenvalue weighted by molar-refractivity contribution is 14.1. The lowest BCUT2D eigenvalue weighted by molar-refractivity contribution is -0.112. The maximum Gasteiger partial charge on any atom is 0.266 e. The molecular weight excluding hydrogens is 624 g/mol. The largest absolute Gasteiger partial charge is 0.493 e. The van der Waals surface area contributed by atoms with Crippen molar-refractivity contribution < 1.29 is 14.3 Å². The van der Waals surface area contributed by atoms with E-state index in [-0.39, 0.29) is 12.2 Å². The second-order valence-corrected chi connectivity index (χ2v) is 9.84. The Hall–Kier alpha value is -2.93. The number of methoxy groups -OCH3 is 1. The highest BCUT2D eigenvalue weighted by Gasteiger charge is 2.16. The van der Waals surface area contributed by atoms with Gasteiger partial charge >= 0.3 is 0 Å². The van der Waals surface area contributed by atoms with E-state index in [2.05, 4.69) is 46.7 Å². The number of ether oxygens (including phenoxy) is 2. The van der Waals surface area contributed by atoms with Gasteiger partial charge in [0.25, 0.3) is 5.91 Å². The Balaban J connectivity index is 1.79. The molecule has 192 valence electrons. The molecule has 0 heterocycles. The molecule has 9 heteroatoms. The molecular formula is C28H26Cl2IN3O3. The van der Waals surface area contributed by atoms with Crippen molar-refractivity contribution in [3.63, 3.8) is 0 Å². The van der Waals surface area contributed by atoms with Gasteiger partial charge in [-0.3, -0.25) is 4.79 Å². The lowest BCUT2D eigenvalue weighted by Gasteiger charge is -2.21. The SMILES string of the molecule is CCN(CC)c1ccc(NC(=O)/C(C#N)=C\c2cc(I)c(OCc3c(Cl)cccc3Cl)c(OC)c2)cc1. The Labute approximate surface area is 240 Å². The summed E-state index contributed by atoms with van der Waals surface area (Å²) in [6.07, 6.45) is 1.51. The van der Waals surface area contributed by atoms with Crippen LogP contribution < -0.4 is 19.7 Å². The van der Waals surface area contributed by atoms with Crippen LogP contribution >= 0.6 is 45.8 Å². The van der Waals surface area contributed by atoms with Crippen LogP contribution in [0.25, 0.3) is 6.08 Å². The number of halogens is 3. The molecule has 0 saturated heterocycles. The lowest BCUT2D eigenvalue weighted by atomic mass is 10.1. The van der Waals surface area contributed by atoms with Gasteiger partial charge in [0.05, 0.1) is 10.7 Å². The van der Waals surface area contributed by atoms with E-state index < -0.39 is 5.91 Å². The average molecular weight is 650 g/mol. The first-order valence-corrected chi connectivity index (χ1v) is 13.4. The zero-order chi connectivity index (χ0) is 26.9. The van der Waals surface area contributed by atoms with Crippen LogP contribution in [0.1, 0.15) is 25.0 Å². The maximum atomic E-state index is 12.8. The molecule has 0 bridgehead atoms. The van der Waals surface area contributed by atoms with E-state index in [9.17, 15) is 10.1 Å². The van der Waals surface area contributed by atoms with Gasteiger partial charge in [-0.15, -0.1) is 0 Å². The maximum absolute atomic E-state index is 12.8. The Kier molecular flexibility index (Phi) is 10.5. The number of anilines is 2. The Morgan fingerprint density at radius 1 is 1.11 bits per heavy atom. The molecule has 37 heavy (non-hydrogen) atoms. The van der Waals surface area contributed by atoms with Gasteiger partial charge in [-0.25, -0.2) is 0 Å². The fraction of sp³-hybridized carbons (Fsp3) is 0.214. The molecule has 0 atom stereocenters. The fourth-order valence-corrected chi connectivity index (χ4v) is 4.92. The molecule has 0 aliphatic rings. The summed E-state index contributed by atoms with van der Waals surface area (Å²) in [7, 11) is 1.52. The fourth-order valence-electron chi connectivity index (χ4n) is 3.64. The third-order valence-corrected chi connectivity index (χ3v) is 7.11. The zero-order valence-corrected chi connectivity index (χ0v) is 24.3. The molecule has 3 aromatic rings. The number of rotatable bonds is 10. The van der Waals surface area contributed by atoms with Crippen LogP contribution in [0.5, 0.6) is 11.5 Å².